The third-order valence-electron chi connectivity index (χ3n) is 5.63. The first kappa shape index (κ1) is 20.4. The first-order chi connectivity index (χ1) is 14.2. The summed E-state index contributed by atoms with van der Waals surface area (Å²) in [4.78, 5) is 24.3. The van der Waals surface area contributed by atoms with E-state index in [2.05, 4.69) is 14.8 Å². The van der Waals surface area contributed by atoms with Crippen LogP contribution in [-0.4, -0.2) is 23.3 Å². The van der Waals surface area contributed by atoms with Gasteiger partial charge >= 0.3 is 12.0 Å². The van der Waals surface area contributed by atoms with Crippen molar-refractivity contribution in [3.8, 4) is 0 Å². The monoisotopic (exact) mass is 435 g/mol. The minimum Gasteiger partial charge on any atom is -0.465 e. The summed E-state index contributed by atoms with van der Waals surface area (Å²) < 4.78 is 47.6. The van der Waals surface area contributed by atoms with Crippen molar-refractivity contribution in [2.75, 3.05) is 12.4 Å². The van der Waals surface area contributed by atoms with Crippen LogP contribution in [-0.2, 0) is 40.3 Å². The smallest absolute Gasteiger partial charge is 0.341 e. The zero-order valence-corrected chi connectivity index (χ0v) is 17.5. The van der Waals surface area contributed by atoms with Gasteiger partial charge in [-0.15, -0.1) is 0 Å². The van der Waals surface area contributed by atoms with E-state index in [0.717, 1.165) is 30.0 Å². The van der Waals surface area contributed by atoms with Crippen LogP contribution in [0.5, 0.6) is 0 Å². The van der Waals surface area contributed by atoms with Crippen LogP contribution < -0.4 is 10.0 Å². The first-order valence-corrected chi connectivity index (χ1v) is 11.2. The highest BCUT2D eigenvalue weighted by molar-refractivity contribution is 7.91. The number of aryl methyl sites for hydroxylation is 1. The van der Waals surface area contributed by atoms with Gasteiger partial charge in [0.15, 0.2) is 9.92 Å². The molecule has 10 heteroatoms. The molecule has 1 atom stereocenters. The van der Waals surface area contributed by atoms with Crippen molar-refractivity contribution < 1.29 is 27.3 Å². The normalized spacial score (nSPS) is 16.5. The standard InChI is InChI=1S/C20H22FN3O5S/c1-10-15(19(25)28-2)9-16(29-10)30(22,27)24-20(26)23-18-13-7-3-5-11(13)17(21)12-6-4-8-14(12)18/h9H,3-8H2,1-2H3,(H3,22,23,24,26,27). The number of hydrogen-bond acceptors (Lipinski definition) is 6. The van der Waals surface area contributed by atoms with Gasteiger partial charge in [-0.3, -0.25) is 0 Å². The number of urea groups is 1. The lowest BCUT2D eigenvalue weighted by Crippen LogP contribution is -2.34. The molecule has 0 fully saturated rings. The summed E-state index contributed by atoms with van der Waals surface area (Å²) in [5, 5.41) is 2.35. The maximum absolute atomic E-state index is 14.8. The largest absolute Gasteiger partial charge is 0.465 e. The topological polar surface area (TPSA) is 121 Å². The number of anilines is 1. The van der Waals surface area contributed by atoms with E-state index in [-0.39, 0.29) is 22.2 Å². The molecule has 8 nitrogen and oxygen atoms in total. The molecule has 2 aliphatic rings. The number of furan rings is 1. The highest BCUT2D eigenvalue weighted by Gasteiger charge is 2.30. The Morgan fingerprint density at radius 1 is 1.13 bits per heavy atom. The molecule has 1 aromatic carbocycles. The Morgan fingerprint density at radius 3 is 2.27 bits per heavy atom. The predicted molar refractivity (Wildman–Crippen MR) is 107 cm³/mol. The van der Waals surface area contributed by atoms with Crippen molar-refractivity contribution in [3.05, 3.63) is 45.5 Å². The lowest BCUT2D eigenvalue weighted by molar-refractivity contribution is 0.0598. The Labute approximate surface area is 173 Å². The van der Waals surface area contributed by atoms with E-state index in [9.17, 15) is 18.2 Å². The molecule has 2 amide bonds. The van der Waals surface area contributed by atoms with Crippen molar-refractivity contribution >= 4 is 27.6 Å². The maximum atomic E-state index is 14.8. The minimum atomic E-state index is -3.87. The van der Waals surface area contributed by atoms with Crippen LogP contribution in [0.25, 0.3) is 0 Å². The van der Waals surface area contributed by atoms with Gasteiger partial charge in [0.2, 0.25) is 5.09 Å². The number of carbonyl (C=O) groups is 2. The van der Waals surface area contributed by atoms with Gasteiger partial charge in [0.05, 0.1) is 7.11 Å². The molecule has 30 heavy (non-hydrogen) atoms. The number of fused-ring (bicyclic) bond motifs is 2. The molecule has 1 aromatic heterocycles. The first-order valence-electron chi connectivity index (χ1n) is 9.64. The molecular formula is C20H22FN3O5S. The van der Waals surface area contributed by atoms with Crippen LogP contribution >= 0.6 is 0 Å². The molecule has 0 aliphatic heterocycles. The number of rotatable bonds is 4. The number of amides is 2. The summed E-state index contributed by atoms with van der Waals surface area (Å²) in [6.45, 7) is 1.47. The van der Waals surface area contributed by atoms with Gasteiger partial charge in [0.25, 0.3) is 0 Å². The Hall–Kier alpha value is -2.88. The number of carbonyl (C=O) groups excluding carboxylic acids is 2. The van der Waals surface area contributed by atoms with Crippen LogP contribution in [0.15, 0.2) is 15.6 Å². The summed E-state index contributed by atoms with van der Waals surface area (Å²) in [5.74, 6) is -0.723. The van der Waals surface area contributed by atoms with E-state index >= 15 is 0 Å². The molecule has 0 saturated heterocycles. The highest BCUT2D eigenvalue weighted by atomic mass is 32.2. The molecule has 2 aliphatic carbocycles. The maximum Gasteiger partial charge on any atom is 0.341 e. The van der Waals surface area contributed by atoms with Crippen molar-refractivity contribution in [1.82, 2.24) is 4.72 Å². The van der Waals surface area contributed by atoms with Crippen molar-refractivity contribution in [3.63, 3.8) is 0 Å². The Bertz CT molecular complexity index is 1130. The molecule has 2 aromatic rings. The van der Waals surface area contributed by atoms with E-state index in [1.807, 2.05) is 0 Å². The lowest BCUT2D eigenvalue weighted by Gasteiger charge is -2.17. The summed E-state index contributed by atoms with van der Waals surface area (Å²) in [5.41, 5.74) is 3.44. The fourth-order valence-corrected chi connectivity index (χ4v) is 5.21. The molecule has 0 saturated carbocycles. The number of nitrogens with one attached hydrogen (secondary N) is 3. The summed E-state index contributed by atoms with van der Waals surface area (Å²) >= 11 is 0. The Morgan fingerprint density at radius 2 is 1.70 bits per heavy atom. The molecule has 0 spiro atoms. The van der Waals surface area contributed by atoms with Gasteiger partial charge in [-0.2, -0.15) is 0 Å². The Kier molecular flexibility index (Phi) is 5.05. The zero-order valence-electron chi connectivity index (χ0n) is 16.6. The fourth-order valence-electron chi connectivity index (χ4n) is 4.27. The molecular weight excluding hydrogens is 413 g/mol. The molecule has 1 heterocycles. The summed E-state index contributed by atoms with van der Waals surface area (Å²) in [6.07, 6.45) is 4.19. The third kappa shape index (κ3) is 3.34. The van der Waals surface area contributed by atoms with Crippen molar-refractivity contribution in [2.45, 2.75) is 50.5 Å². The summed E-state index contributed by atoms with van der Waals surface area (Å²) in [7, 11) is -2.68. The molecule has 0 bridgehead atoms. The van der Waals surface area contributed by atoms with Crippen LogP contribution in [0.1, 0.15) is 51.2 Å². The highest BCUT2D eigenvalue weighted by Crippen LogP contribution is 2.40. The van der Waals surface area contributed by atoms with Crippen LogP contribution in [0.4, 0.5) is 14.9 Å². The Balaban J connectivity index is 1.60. The van der Waals surface area contributed by atoms with Crippen molar-refractivity contribution in [2.24, 2.45) is 0 Å². The van der Waals surface area contributed by atoms with E-state index in [0.29, 0.717) is 42.5 Å². The second-order valence-corrected chi connectivity index (χ2v) is 9.17. The van der Waals surface area contributed by atoms with Gasteiger partial charge in [-0.25, -0.2) is 27.7 Å². The zero-order chi connectivity index (χ0) is 21.6. The second kappa shape index (κ2) is 7.42. The van der Waals surface area contributed by atoms with E-state index in [1.165, 1.54) is 14.0 Å². The van der Waals surface area contributed by atoms with E-state index in [4.69, 9.17) is 9.20 Å². The molecule has 4 rings (SSSR count). The number of ether oxygens (including phenoxy) is 1. The van der Waals surface area contributed by atoms with Gasteiger partial charge < -0.3 is 14.5 Å². The predicted octanol–water partition coefficient (Wildman–Crippen LogP) is 3.63. The van der Waals surface area contributed by atoms with Crippen LogP contribution in [0.2, 0.25) is 0 Å². The second-order valence-electron chi connectivity index (χ2n) is 7.45. The van der Waals surface area contributed by atoms with E-state index in [1.54, 1.807) is 0 Å². The quantitative estimate of drug-likeness (QED) is 0.633. The van der Waals surface area contributed by atoms with Gasteiger partial charge in [-0.05, 0) is 67.7 Å². The minimum absolute atomic E-state index is 0.0313. The average molecular weight is 435 g/mol. The number of benzene rings is 1. The molecule has 160 valence electrons. The molecule has 3 N–H and O–H groups in total. The van der Waals surface area contributed by atoms with Gasteiger partial charge in [0.1, 0.15) is 17.1 Å². The van der Waals surface area contributed by atoms with Crippen molar-refractivity contribution in [1.29, 1.82) is 4.78 Å². The average Bonchev–Trinajstić information content (AvgIpc) is 3.43. The lowest BCUT2D eigenvalue weighted by atomic mass is 9.98. The van der Waals surface area contributed by atoms with Gasteiger partial charge in [0, 0.05) is 11.8 Å². The number of methoxy groups -OCH3 is 1. The number of halogens is 1. The van der Waals surface area contributed by atoms with Gasteiger partial charge in [-0.1, -0.05) is 0 Å². The fraction of sp³-hybridized carbons (Fsp3) is 0.400. The third-order valence-corrected chi connectivity index (χ3v) is 6.87. The number of hydrogen-bond donors (Lipinski definition) is 3. The van der Waals surface area contributed by atoms with Crippen LogP contribution in [0.3, 0.4) is 0 Å². The molecule has 1 unspecified atom stereocenters. The summed E-state index contributed by atoms with van der Waals surface area (Å²) in [6, 6.07) is 0.280. The van der Waals surface area contributed by atoms with E-state index < -0.39 is 21.9 Å². The SMILES string of the molecule is COC(=O)c1cc(S(=N)(=O)NC(=O)Nc2c3c(c(F)c4c2CCC4)CCC3)oc1C. The van der Waals surface area contributed by atoms with Crippen LogP contribution in [0, 0.1) is 17.5 Å². The molecule has 0 radical (unpaired) electrons. The number of esters is 1.